The van der Waals surface area contributed by atoms with Gasteiger partial charge in [-0.2, -0.15) is 27.9 Å². The van der Waals surface area contributed by atoms with Crippen molar-refractivity contribution in [2.24, 2.45) is 0 Å². The summed E-state index contributed by atoms with van der Waals surface area (Å²) in [5, 5.41) is 14.6. The molecular formula is C16H10Cl4F4N4O2S. The Morgan fingerprint density at radius 3 is 2.32 bits per heavy atom. The molecule has 0 bridgehead atoms. The lowest BCUT2D eigenvalue weighted by Gasteiger charge is -2.16. The molecule has 2 rings (SSSR count). The first-order valence-corrected chi connectivity index (χ1v) is 10.3. The van der Waals surface area contributed by atoms with E-state index in [4.69, 9.17) is 51.1 Å². The van der Waals surface area contributed by atoms with Crippen molar-refractivity contribution in [1.82, 2.24) is 9.78 Å². The number of benzene rings is 1. The Labute approximate surface area is 197 Å². The van der Waals surface area contributed by atoms with E-state index in [2.05, 4.69) is 10.4 Å². The third-order valence-electron chi connectivity index (χ3n) is 3.42. The number of nitrogens with one attached hydrogen (secondary N) is 1. The van der Waals surface area contributed by atoms with Crippen molar-refractivity contribution in [3.8, 4) is 11.8 Å². The molecule has 6 nitrogen and oxygen atoms in total. The molecule has 1 heterocycles. The van der Waals surface area contributed by atoms with E-state index in [1.165, 1.54) is 0 Å². The molecule has 0 saturated heterocycles. The highest BCUT2D eigenvalue weighted by molar-refractivity contribution is 8.03. The zero-order chi connectivity index (χ0) is 23.6. The minimum atomic E-state index is -4.74. The van der Waals surface area contributed by atoms with E-state index in [0.29, 0.717) is 12.1 Å². The fourth-order valence-electron chi connectivity index (χ4n) is 2.26. The van der Waals surface area contributed by atoms with Crippen molar-refractivity contribution in [3.63, 3.8) is 0 Å². The zero-order valence-corrected chi connectivity index (χ0v) is 19.0. The summed E-state index contributed by atoms with van der Waals surface area (Å²) in [4.78, 5) is 11.9. The predicted molar refractivity (Wildman–Crippen MR) is 110 cm³/mol. The Morgan fingerprint density at radius 2 is 1.87 bits per heavy atom. The van der Waals surface area contributed by atoms with Crippen LogP contribution in [0.15, 0.2) is 17.0 Å². The summed E-state index contributed by atoms with van der Waals surface area (Å²) in [6.07, 6.45) is -4.74. The molecule has 0 unspecified atom stereocenters. The van der Waals surface area contributed by atoms with Crippen molar-refractivity contribution in [1.29, 1.82) is 5.26 Å². The Morgan fingerprint density at radius 1 is 1.29 bits per heavy atom. The second-order valence-electron chi connectivity index (χ2n) is 5.57. The molecular weight excluding hydrogens is 530 g/mol. The number of aromatic nitrogens is 2. The molecule has 0 atom stereocenters. The number of amides is 1. The molecule has 15 heteroatoms. The van der Waals surface area contributed by atoms with Gasteiger partial charge in [-0.25, -0.2) is 4.68 Å². The molecule has 1 amide bonds. The van der Waals surface area contributed by atoms with Gasteiger partial charge < -0.3 is 10.1 Å². The average Bonchev–Trinajstić information content (AvgIpc) is 2.94. The first-order chi connectivity index (χ1) is 14.3. The lowest BCUT2D eigenvalue weighted by atomic mass is 10.2. The summed E-state index contributed by atoms with van der Waals surface area (Å²) in [5.41, 5.74) is -1.90. The third kappa shape index (κ3) is 6.54. The minimum Gasteiger partial charge on any atom is -0.372 e. The molecule has 0 aliphatic heterocycles. The van der Waals surface area contributed by atoms with Gasteiger partial charge in [0, 0.05) is 6.61 Å². The number of rotatable bonds is 7. The fraction of sp³-hybridized carbons (Fsp3) is 0.312. The molecule has 0 saturated carbocycles. The van der Waals surface area contributed by atoms with Crippen molar-refractivity contribution in [3.05, 3.63) is 33.4 Å². The number of nitriles is 1. The molecule has 0 aliphatic rings. The van der Waals surface area contributed by atoms with Gasteiger partial charge in [-0.05, 0) is 30.8 Å². The van der Waals surface area contributed by atoms with E-state index in [9.17, 15) is 27.6 Å². The van der Waals surface area contributed by atoms with Crippen LogP contribution in [-0.2, 0) is 15.7 Å². The van der Waals surface area contributed by atoms with Crippen molar-refractivity contribution in [2.75, 3.05) is 18.5 Å². The maximum Gasteiger partial charge on any atom is 0.416 e. The van der Waals surface area contributed by atoms with Crippen molar-refractivity contribution < 1.29 is 27.1 Å². The van der Waals surface area contributed by atoms with Crippen LogP contribution >= 0.6 is 58.2 Å². The first kappa shape index (κ1) is 25.8. The van der Waals surface area contributed by atoms with E-state index in [0.717, 1.165) is 4.68 Å². The quantitative estimate of drug-likeness (QED) is 0.257. The van der Waals surface area contributed by atoms with Crippen LogP contribution in [0.25, 0.3) is 5.69 Å². The second kappa shape index (κ2) is 10.0. The van der Waals surface area contributed by atoms with Gasteiger partial charge in [0.05, 0.1) is 20.5 Å². The van der Waals surface area contributed by atoms with Gasteiger partial charge in [-0.3, -0.25) is 4.79 Å². The van der Waals surface area contributed by atoms with Gasteiger partial charge in [-0.15, -0.1) is 0 Å². The predicted octanol–water partition coefficient (Wildman–Crippen LogP) is 6.20. The Kier molecular flexibility index (Phi) is 8.35. The van der Waals surface area contributed by atoms with Crippen LogP contribution in [-0.4, -0.2) is 32.8 Å². The monoisotopic (exact) mass is 538 g/mol. The molecule has 0 fully saturated rings. The maximum absolute atomic E-state index is 13.9. The zero-order valence-electron chi connectivity index (χ0n) is 15.2. The molecule has 1 aromatic heterocycles. The number of anilines is 1. The van der Waals surface area contributed by atoms with Crippen LogP contribution < -0.4 is 5.32 Å². The molecule has 1 N–H and O–H groups in total. The SMILES string of the molecule is CCOCC(=O)Nc1c(SC(F)(Cl)Cl)c(C#N)nn1-c1c(Cl)cc(C(F)(F)F)cc1Cl. The number of hydrogen-bond acceptors (Lipinski definition) is 5. The normalized spacial score (nSPS) is 12.0. The van der Waals surface area contributed by atoms with E-state index in [1.54, 1.807) is 13.0 Å². The maximum atomic E-state index is 13.9. The van der Waals surface area contributed by atoms with Crippen LogP contribution in [0.5, 0.6) is 0 Å². The topological polar surface area (TPSA) is 79.9 Å². The second-order valence-corrected chi connectivity index (χ2v) is 9.24. The highest BCUT2D eigenvalue weighted by Crippen LogP contribution is 2.47. The van der Waals surface area contributed by atoms with Gasteiger partial charge in [-0.1, -0.05) is 46.4 Å². The number of carbonyl (C=O) groups excluding carboxylic acids is 1. The van der Waals surface area contributed by atoms with Crippen LogP contribution in [0.1, 0.15) is 18.2 Å². The summed E-state index contributed by atoms with van der Waals surface area (Å²) in [6, 6.07) is 2.82. The number of thioether (sulfide) groups is 1. The van der Waals surface area contributed by atoms with Crippen molar-refractivity contribution in [2.45, 2.75) is 21.9 Å². The molecule has 168 valence electrons. The summed E-state index contributed by atoms with van der Waals surface area (Å²) in [7, 11) is 0. The van der Waals surface area contributed by atoms with Gasteiger partial charge in [0.15, 0.2) is 11.5 Å². The smallest absolute Gasteiger partial charge is 0.372 e. The average molecular weight is 540 g/mol. The molecule has 0 spiro atoms. The van der Waals surface area contributed by atoms with Gasteiger partial charge in [0.25, 0.3) is 5.91 Å². The standard InChI is InChI=1S/C16H10Cl4F4N4O2S/c1-2-30-6-11(29)26-14-13(31-16(19,20)24)10(5-25)27-28(14)12-8(17)3-7(4-9(12)18)15(21,22)23/h3-4H,2,6H2,1H3,(H,26,29). The third-order valence-corrected chi connectivity index (χ3v) is 5.28. The highest BCUT2D eigenvalue weighted by atomic mass is 35.5. The molecule has 31 heavy (non-hydrogen) atoms. The minimum absolute atomic E-state index is 0.116. The number of alkyl halides is 6. The van der Waals surface area contributed by atoms with Gasteiger partial charge in [0.2, 0.25) is 0 Å². The van der Waals surface area contributed by atoms with Gasteiger partial charge >= 0.3 is 10.1 Å². The summed E-state index contributed by atoms with van der Waals surface area (Å²) >= 11 is 22.9. The Hall–Kier alpha value is -1.42. The number of ether oxygens (including phenoxy) is 1. The first-order valence-electron chi connectivity index (χ1n) is 8.01. The van der Waals surface area contributed by atoms with Crippen LogP contribution in [0, 0.1) is 11.3 Å². The van der Waals surface area contributed by atoms with E-state index < -0.39 is 43.9 Å². The van der Waals surface area contributed by atoms with Gasteiger partial charge in [0.1, 0.15) is 18.4 Å². The highest BCUT2D eigenvalue weighted by Gasteiger charge is 2.35. The van der Waals surface area contributed by atoms with E-state index in [-0.39, 0.29) is 34.8 Å². The lowest BCUT2D eigenvalue weighted by Crippen LogP contribution is -2.21. The van der Waals surface area contributed by atoms with Crippen LogP contribution in [0.3, 0.4) is 0 Å². The van der Waals surface area contributed by atoms with Crippen molar-refractivity contribution >= 4 is 69.9 Å². The van der Waals surface area contributed by atoms with E-state index in [1.807, 2.05) is 0 Å². The number of nitrogens with zero attached hydrogens (tertiary/aromatic N) is 3. The van der Waals surface area contributed by atoms with Crippen LogP contribution in [0.2, 0.25) is 10.0 Å². The summed E-state index contributed by atoms with van der Waals surface area (Å²) < 4.78 is 55.8. The summed E-state index contributed by atoms with van der Waals surface area (Å²) in [5.74, 6) is -1.10. The molecule has 0 aliphatic carbocycles. The largest absolute Gasteiger partial charge is 0.416 e. The van der Waals surface area contributed by atoms with E-state index >= 15 is 0 Å². The number of carbonyl (C=O) groups is 1. The Balaban J connectivity index is 2.72. The lowest BCUT2D eigenvalue weighted by molar-refractivity contribution is -0.137. The Bertz CT molecular complexity index is 1010. The number of halogens is 8. The fourth-order valence-corrected chi connectivity index (χ4v) is 4.01. The molecule has 1 aromatic carbocycles. The summed E-state index contributed by atoms with van der Waals surface area (Å²) in [6.45, 7) is 1.41. The molecule has 2 aromatic rings. The number of hydrogen-bond donors (Lipinski definition) is 1. The molecule has 0 radical (unpaired) electrons. The van der Waals surface area contributed by atoms with Crippen LogP contribution in [0.4, 0.5) is 23.4 Å².